The van der Waals surface area contributed by atoms with Crippen LogP contribution < -0.4 is 4.74 Å². The van der Waals surface area contributed by atoms with E-state index in [0.29, 0.717) is 17.6 Å². The van der Waals surface area contributed by atoms with Gasteiger partial charge in [0.2, 0.25) is 0 Å². The molecule has 7 nitrogen and oxygen atoms in total. The van der Waals surface area contributed by atoms with E-state index >= 15 is 0 Å². The number of amides is 1. The van der Waals surface area contributed by atoms with Crippen molar-refractivity contribution in [1.82, 2.24) is 19.7 Å². The lowest BCUT2D eigenvalue weighted by molar-refractivity contribution is 0.0358. The fraction of sp³-hybridized carbons (Fsp3) is 0.600. The summed E-state index contributed by atoms with van der Waals surface area (Å²) in [5.74, 6) is 1.12. The lowest BCUT2D eigenvalue weighted by Crippen LogP contribution is -2.49. The first-order valence-corrected chi connectivity index (χ1v) is 14.0. The Hall–Kier alpha value is -2.48. The maximum atomic E-state index is 13.2. The number of nitrogens with zero attached hydrogens (tertiary/aromatic N) is 4. The van der Waals surface area contributed by atoms with E-state index in [0.717, 1.165) is 83.3 Å². The number of ether oxygens (including phenoxy) is 2. The molecule has 3 aliphatic rings. The number of benzene rings is 1. The molecule has 200 valence electrons. The smallest absolute Gasteiger partial charge is 0.255 e. The Balaban J connectivity index is 1.16. The van der Waals surface area contributed by atoms with Crippen molar-refractivity contribution in [3.63, 3.8) is 0 Å². The summed E-state index contributed by atoms with van der Waals surface area (Å²) in [6.07, 6.45) is 4.71. The van der Waals surface area contributed by atoms with E-state index in [9.17, 15) is 4.79 Å². The number of aryl methyl sites for hydroxylation is 1. The van der Waals surface area contributed by atoms with Crippen molar-refractivity contribution in [3.05, 3.63) is 58.4 Å². The Bertz CT molecular complexity index is 1080. The highest BCUT2D eigenvalue weighted by molar-refractivity contribution is 5.94. The van der Waals surface area contributed by atoms with E-state index in [2.05, 4.69) is 59.5 Å². The van der Waals surface area contributed by atoms with Crippen molar-refractivity contribution < 1.29 is 14.3 Å². The zero-order valence-electron chi connectivity index (χ0n) is 22.9. The van der Waals surface area contributed by atoms with Gasteiger partial charge in [-0.05, 0) is 74.9 Å². The minimum Gasteiger partial charge on any atom is -0.493 e. The quantitative estimate of drug-likeness (QED) is 0.479. The molecule has 3 fully saturated rings. The Morgan fingerprint density at radius 3 is 2.59 bits per heavy atom. The summed E-state index contributed by atoms with van der Waals surface area (Å²) in [5, 5.41) is 0. The first-order chi connectivity index (χ1) is 18.0. The SMILES string of the molecule is CCc1ccc(C(=O)N2C[C@H]3C[C@@H]2CN3[C@@H](C)c2ccc(OCCCN3CCOCC3)c(C)c2C)cn1. The van der Waals surface area contributed by atoms with Crippen molar-refractivity contribution in [2.24, 2.45) is 0 Å². The molecule has 3 saturated heterocycles. The summed E-state index contributed by atoms with van der Waals surface area (Å²) in [4.78, 5) is 24.7. The van der Waals surface area contributed by atoms with Crippen molar-refractivity contribution in [2.75, 3.05) is 52.5 Å². The topological polar surface area (TPSA) is 58.1 Å². The molecule has 1 aromatic carbocycles. The highest BCUT2D eigenvalue weighted by atomic mass is 16.5. The van der Waals surface area contributed by atoms with Crippen LogP contribution in [0.3, 0.4) is 0 Å². The summed E-state index contributed by atoms with van der Waals surface area (Å²) in [5.41, 5.74) is 5.64. The van der Waals surface area contributed by atoms with E-state index in [1.807, 2.05) is 12.1 Å². The Morgan fingerprint density at radius 2 is 1.92 bits per heavy atom. The van der Waals surface area contributed by atoms with E-state index < -0.39 is 0 Å². The lowest BCUT2D eigenvalue weighted by Gasteiger charge is -2.38. The highest BCUT2D eigenvalue weighted by Crippen LogP contribution is 2.39. The predicted molar refractivity (Wildman–Crippen MR) is 145 cm³/mol. The van der Waals surface area contributed by atoms with Gasteiger partial charge in [-0.2, -0.15) is 0 Å². The van der Waals surface area contributed by atoms with Crippen LogP contribution in [0, 0.1) is 13.8 Å². The Labute approximate surface area is 221 Å². The minimum atomic E-state index is 0.122. The second-order valence-corrected chi connectivity index (χ2v) is 10.8. The summed E-state index contributed by atoms with van der Waals surface area (Å²) in [6, 6.07) is 9.30. The molecule has 1 amide bonds. The van der Waals surface area contributed by atoms with Crippen LogP contribution in [-0.2, 0) is 11.2 Å². The molecule has 2 aromatic rings. The zero-order chi connectivity index (χ0) is 25.9. The number of fused-ring (bicyclic) bond motifs is 2. The number of pyridine rings is 1. The van der Waals surface area contributed by atoms with Gasteiger partial charge in [-0.3, -0.25) is 19.6 Å². The molecule has 0 saturated carbocycles. The van der Waals surface area contributed by atoms with Gasteiger partial charge in [-0.25, -0.2) is 0 Å². The normalized spacial score (nSPS) is 23.0. The monoisotopic (exact) mass is 506 g/mol. The van der Waals surface area contributed by atoms with Crippen molar-refractivity contribution >= 4 is 5.91 Å². The van der Waals surface area contributed by atoms with Crippen LogP contribution in [0.2, 0.25) is 0 Å². The van der Waals surface area contributed by atoms with Crippen molar-refractivity contribution in [2.45, 2.75) is 65.1 Å². The fourth-order valence-corrected chi connectivity index (χ4v) is 6.25. The van der Waals surface area contributed by atoms with Gasteiger partial charge in [0.05, 0.1) is 25.4 Å². The fourth-order valence-electron chi connectivity index (χ4n) is 6.25. The van der Waals surface area contributed by atoms with E-state index in [4.69, 9.17) is 9.47 Å². The summed E-state index contributed by atoms with van der Waals surface area (Å²) in [6.45, 7) is 16.1. The second kappa shape index (κ2) is 11.5. The first-order valence-electron chi connectivity index (χ1n) is 14.0. The van der Waals surface area contributed by atoms with Gasteiger partial charge >= 0.3 is 0 Å². The van der Waals surface area contributed by atoms with Gasteiger partial charge in [0.1, 0.15) is 5.75 Å². The Kier molecular flexibility index (Phi) is 8.12. The number of carbonyl (C=O) groups is 1. The van der Waals surface area contributed by atoms with E-state index in [1.165, 1.54) is 16.7 Å². The third kappa shape index (κ3) is 5.54. The highest BCUT2D eigenvalue weighted by Gasteiger charge is 2.47. The number of rotatable bonds is 9. The number of hydrogen-bond acceptors (Lipinski definition) is 6. The molecule has 4 heterocycles. The lowest BCUT2D eigenvalue weighted by atomic mass is 9.96. The summed E-state index contributed by atoms with van der Waals surface area (Å²) in [7, 11) is 0. The maximum Gasteiger partial charge on any atom is 0.255 e. The molecular formula is C30H42N4O3. The van der Waals surface area contributed by atoms with Gasteiger partial charge in [0.25, 0.3) is 5.91 Å². The van der Waals surface area contributed by atoms with Crippen molar-refractivity contribution in [3.8, 4) is 5.75 Å². The number of likely N-dealkylation sites (tertiary alicyclic amines) is 2. The standard InChI is InChI=1S/C30H42N4O3/c1-5-25-8-7-24(18-31-25)30(35)34-20-26-17-27(34)19-33(26)23(4)28-9-10-29(22(3)21(28)2)37-14-6-11-32-12-15-36-16-13-32/h7-10,18,23,26-27H,5-6,11-17,19-20H2,1-4H3/t23-,26+,27+/m0/s1. The van der Waals surface area contributed by atoms with Crippen LogP contribution in [0.5, 0.6) is 5.75 Å². The van der Waals surface area contributed by atoms with Crippen molar-refractivity contribution in [1.29, 1.82) is 0 Å². The largest absolute Gasteiger partial charge is 0.493 e. The first kappa shape index (κ1) is 26.1. The molecule has 3 aliphatic heterocycles. The number of carbonyl (C=O) groups excluding carboxylic acids is 1. The van der Waals surface area contributed by atoms with E-state index in [-0.39, 0.29) is 11.9 Å². The third-order valence-electron chi connectivity index (χ3n) is 8.68. The molecule has 0 unspecified atom stereocenters. The molecule has 37 heavy (non-hydrogen) atoms. The molecule has 1 aromatic heterocycles. The number of piperazine rings is 1. The van der Waals surface area contributed by atoms with Gasteiger partial charge in [-0.1, -0.05) is 13.0 Å². The summed E-state index contributed by atoms with van der Waals surface area (Å²) >= 11 is 0. The number of aromatic nitrogens is 1. The van der Waals surface area contributed by atoms with Gasteiger partial charge < -0.3 is 14.4 Å². The van der Waals surface area contributed by atoms with Crippen LogP contribution in [0.25, 0.3) is 0 Å². The van der Waals surface area contributed by atoms with Crippen LogP contribution >= 0.6 is 0 Å². The Morgan fingerprint density at radius 1 is 1.11 bits per heavy atom. The molecule has 0 N–H and O–H groups in total. The molecular weight excluding hydrogens is 464 g/mol. The van der Waals surface area contributed by atoms with Gasteiger partial charge in [0, 0.05) is 62.7 Å². The second-order valence-electron chi connectivity index (χ2n) is 10.8. The molecule has 3 atom stereocenters. The predicted octanol–water partition coefficient (Wildman–Crippen LogP) is 4.02. The molecule has 7 heteroatoms. The number of morpholine rings is 1. The van der Waals surface area contributed by atoms with Gasteiger partial charge in [0.15, 0.2) is 0 Å². The average Bonchev–Trinajstić information content (AvgIpc) is 3.55. The van der Waals surface area contributed by atoms with Gasteiger partial charge in [-0.15, -0.1) is 0 Å². The molecule has 5 rings (SSSR count). The van der Waals surface area contributed by atoms with Crippen LogP contribution in [0.4, 0.5) is 0 Å². The third-order valence-corrected chi connectivity index (χ3v) is 8.68. The van der Waals surface area contributed by atoms with E-state index in [1.54, 1.807) is 6.20 Å². The zero-order valence-corrected chi connectivity index (χ0v) is 22.9. The van der Waals surface area contributed by atoms with Crippen LogP contribution in [-0.4, -0.2) is 90.2 Å². The minimum absolute atomic E-state index is 0.122. The number of hydrogen-bond donors (Lipinski definition) is 0. The average molecular weight is 507 g/mol. The summed E-state index contributed by atoms with van der Waals surface area (Å²) < 4.78 is 11.6. The van der Waals surface area contributed by atoms with Crippen LogP contribution in [0.1, 0.15) is 65.5 Å². The molecule has 2 bridgehead atoms. The molecule has 0 radical (unpaired) electrons. The molecule has 0 spiro atoms. The maximum absolute atomic E-state index is 13.2. The van der Waals surface area contributed by atoms with Crippen LogP contribution in [0.15, 0.2) is 30.5 Å². The molecule has 0 aliphatic carbocycles.